The van der Waals surface area contributed by atoms with E-state index in [0.29, 0.717) is 6.08 Å². The van der Waals surface area contributed by atoms with Crippen LogP contribution >= 0.6 is 0 Å². The lowest BCUT2D eigenvalue weighted by Crippen LogP contribution is -2.20. The van der Waals surface area contributed by atoms with Crippen molar-refractivity contribution in [2.24, 2.45) is 0 Å². The molecule has 0 unspecified atom stereocenters. The summed E-state index contributed by atoms with van der Waals surface area (Å²) in [7, 11) is 0. The molecule has 1 N–H and O–H groups in total. The molecule has 0 aliphatic heterocycles. The molecule has 4 nitrogen and oxygen atoms in total. The number of hydrogen-bond donors (Lipinski definition) is 1. The Morgan fingerprint density at radius 3 is 2.65 bits per heavy atom. The Labute approximate surface area is 100.0 Å². The van der Waals surface area contributed by atoms with Gasteiger partial charge in [-0.05, 0) is 30.5 Å². The van der Waals surface area contributed by atoms with E-state index in [4.69, 9.17) is 0 Å². The lowest BCUT2D eigenvalue weighted by Gasteiger charge is -2.11. The second-order valence-corrected chi connectivity index (χ2v) is 3.60. The van der Waals surface area contributed by atoms with Gasteiger partial charge in [-0.2, -0.15) is 0 Å². The monoisotopic (exact) mass is 232 g/mol. The summed E-state index contributed by atoms with van der Waals surface area (Å²) >= 11 is 0. The van der Waals surface area contributed by atoms with E-state index < -0.39 is 11.9 Å². The molecule has 0 atom stereocenters. The number of benzene rings is 1. The Morgan fingerprint density at radius 2 is 2.06 bits per heavy atom. The molecule has 0 bridgehead atoms. The van der Waals surface area contributed by atoms with E-state index in [2.05, 4.69) is 5.32 Å². The number of carboxylic acid groups (broad SMARTS) is 1. The number of carbonyl (C=O) groups excluding carboxylic acids is 2. The first-order chi connectivity index (χ1) is 8.04. The molecule has 1 amide bonds. The standard InChI is InChI=1S/C13H15NO3/c1-3-10-6-4-5-9(2)13(10)14-11(15)7-8-12(16)17/h4-8H,3H2,1-2H3,(H,14,15)(H,16,17)/p-1/b8-7+. The molecule has 0 aromatic heterocycles. The van der Waals surface area contributed by atoms with Crippen molar-refractivity contribution in [2.75, 3.05) is 5.32 Å². The zero-order valence-corrected chi connectivity index (χ0v) is 9.82. The number of para-hydroxylation sites is 1. The van der Waals surface area contributed by atoms with Crippen molar-refractivity contribution < 1.29 is 14.7 Å². The maximum absolute atomic E-state index is 11.4. The molecule has 0 spiro atoms. The van der Waals surface area contributed by atoms with Crippen molar-refractivity contribution >= 4 is 17.6 Å². The fourth-order valence-electron chi connectivity index (χ4n) is 1.51. The molecule has 4 heteroatoms. The largest absolute Gasteiger partial charge is 0.545 e. The van der Waals surface area contributed by atoms with Crippen molar-refractivity contribution in [1.29, 1.82) is 0 Å². The number of carboxylic acids is 1. The zero-order valence-electron chi connectivity index (χ0n) is 9.82. The Hall–Kier alpha value is -2.10. The number of nitrogens with one attached hydrogen (secondary N) is 1. The highest BCUT2D eigenvalue weighted by Gasteiger charge is 2.05. The zero-order chi connectivity index (χ0) is 12.8. The van der Waals surface area contributed by atoms with Gasteiger partial charge < -0.3 is 15.2 Å². The van der Waals surface area contributed by atoms with Crippen LogP contribution in [0.1, 0.15) is 18.1 Å². The van der Waals surface area contributed by atoms with Crippen LogP contribution < -0.4 is 10.4 Å². The lowest BCUT2D eigenvalue weighted by atomic mass is 10.1. The minimum atomic E-state index is -1.39. The smallest absolute Gasteiger partial charge is 0.248 e. The van der Waals surface area contributed by atoms with Crippen molar-refractivity contribution in [2.45, 2.75) is 20.3 Å². The fourth-order valence-corrected chi connectivity index (χ4v) is 1.51. The molecule has 90 valence electrons. The van der Waals surface area contributed by atoms with Gasteiger partial charge in [0.15, 0.2) is 0 Å². The summed E-state index contributed by atoms with van der Waals surface area (Å²) in [5, 5.41) is 12.8. The summed E-state index contributed by atoms with van der Waals surface area (Å²) in [5.41, 5.74) is 2.70. The second-order valence-electron chi connectivity index (χ2n) is 3.60. The molecular formula is C13H14NO3-. The van der Waals surface area contributed by atoms with Crippen LogP contribution in [-0.2, 0) is 16.0 Å². The third kappa shape index (κ3) is 3.75. The summed E-state index contributed by atoms with van der Waals surface area (Å²) in [6.07, 6.45) is 2.45. The van der Waals surface area contributed by atoms with Gasteiger partial charge >= 0.3 is 0 Å². The minimum absolute atomic E-state index is 0.474. The van der Waals surface area contributed by atoms with Crippen LogP contribution in [0.5, 0.6) is 0 Å². The molecule has 0 fully saturated rings. The van der Waals surface area contributed by atoms with Gasteiger partial charge in [-0.3, -0.25) is 4.79 Å². The van der Waals surface area contributed by atoms with E-state index in [1.807, 2.05) is 32.0 Å². The highest BCUT2D eigenvalue weighted by molar-refractivity contribution is 6.02. The third-order valence-electron chi connectivity index (χ3n) is 2.36. The number of hydrogen-bond acceptors (Lipinski definition) is 3. The molecule has 1 rings (SSSR count). The van der Waals surface area contributed by atoms with Crippen LogP contribution in [0, 0.1) is 6.92 Å². The summed E-state index contributed by atoms with van der Waals surface area (Å²) in [6, 6.07) is 5.73. The first-order valence-electron chi connectivity index (χ1n) is 5.33. The van der Waals surface area contributed by atoms with Gasteiger partial charge in [0.2, 0.25) is 5.91 Å². The molecular weight excluding hydrogens is 218 g/mol. The summed E-state index contributed by atoms with van der Waals surface area (Å²) in [4.78, 5) is 21.6. The van der Waals surface area contributed by atoms with Gasteiger partial charge in [0.25, 0.3) is 0 Å². The Kier molecular flexibility index (Phi) is 4.46. The number of anilines is 1. The predicted octanol–water partition coefficient (Wildman–Crippen LogP) is 0.802. The molecule has 17 heavy (non-hydrogen) atoms. The Morgan fingerprint density at radius 1 is 1.35 bits per heavy atom. The van der Waals surface area contributed by atoms with Gasteiger partial charge in [-0.1, -0.05) is 25.1 Å². The van der Waals surface area contributed by atoms with Crippen LogP contribution in [0.2, 0.25) is 0 Å². The average molecular weight is 232 g/mol. The number of amides is 1. The number of rotatable bonds is 4. The van der Waals surface area contributed by atoms with Gasteiger partial charge in [-0.25, -0.2) is 0 Å². The van der Waals surface area contributed by atoms with Crippen molar-refractivity contribution in [3.63, 3.8) is 0 Å². The molecule has 0 aliphatic rings. The van der Waals surface area contributed by atoms with E-state index in [1.165, 1.54) is 0 Å². The summed E-state index contributed by atoms with van der Waals surface area (Å²) < 4.78 is 0. The molecule has 1 aromatic rings. The first-order valence-corrected chi connectivity index (χ1v) is 5.33. The number of aliphatic carboxylic acids is 1. The molecule has 0 heterocycles. The summed E-state index contributed by atoms with van der Waals surface area (Å²) in [5.74, 6) is -1.86. The normalized spacial score (nSPS) is 10.5. The van der Waals surface area contributed by atoms with Gasteiger partial charge in [-0.15, -0.1) is 0 Å². The van der Waals surface area contributed by atoms with E-state index in [-0.39, 0.29) is 0 Å². The van der Waals surface area contributed by atoms with E-state index in [9.17, 15) is 14.7 Å². The third-order valence-corrected chi connectivity index (χ3v) is 2.36. The van der Waals surface area contributed by atoms with Crippen LogP contribution in [0.25, 0.3) is 0 Å². The van der Waals surface area contributed by atoms with Gasteiger partial charge in [0, 0.05) is 11.8 Å². The maximum atomic E-state index is 11.4. The van der Waals surface area contributed by atoms with Crippen LogP contribution in [-0.4, -0.2) is 11.9 Å². The number of carbonyl (C=O) groups is 2. The molecule has 0 radical (unpaired) electrons. The Balaban J connectivity index is 2.88. The number of aryl methyl sites for hydroxylation is 2. The lowest BCUT2D eigenvalue weighted by molar-refractivity contribution is -0.297. The summed E-state index contributed by atoms with van der Waals surface area (Å²) in [6.45, 7) is 3.87. The molecule has 1 aromatic carbocycles. The van der Waals surface area contributed by atoms with E-state index in [1.54, 1.807) is 0 Å². The van der Waals surface area contributed by atoms with Gasteiger partial charge in [0.05, 0.1) is 5.97 Å². The van der Waals surface area contributed by atoms with Crippen LogP contribution in [0.4, 0.5) is 5.69 Å². The molecule has 0 aliphatic carbocycles. The highest BCUT2D eigenvalue weighted by atomic mass is 16.4. The average Bonchev–Trinajstić information content (AvgIpc) is 2.29. The van der Waals surface area contributed by atoms with E-state index in [0.717, 1.165) is 29.3 Å². The minimum Gasteiger partial charge on any atom is -0.545 e. The van der Waals surface area contributed by atoms with Crippen molar-refractivity contribution in [3.8, 4) is 0 Å². The first kappa shape index (κ1) is 13.0. The van der Waals surface area contributed by atoms with Crippen LogP contribution in [0.15, 0.2) is 30.4 Å². The highest BCUT2D eigenvalue weighted by Crippen LogP contribution is 2.20. The van der Waals surface area contributed by atoms with E-state index >= 15 is 0 Å². The SMILES string of the molecule is CCc1cccc(C)c1NC(=O)/C=C/C(=O)[O-]. The topological polar surface area (TPSA) is 69.2 Å². The second kappa shape index (κ2) is 5.84. The predicted molar refractivity (Wildman–Crippen MR) is 63.3 cm³/mol. The fraction of sp³-hybridized carbons (Fsp3) is 0.231. The molecule has 0 saturated carbocycles. The van der Waals surface area contributed by atoms with Gasteiger partial charge in [0.1, 0.15) is 0 Å². The van der Waals surface area contributed by atoms with Crippen molar-refractivity contribution in [3.05, 3.63) is 41.5 Å². The Bertz CT molecular complexity index is 464. The quantitative estimate of drug-likeness (QED) is 0.781. The van der Waals surface area contributed by atoms with Crippen molar-refractivity contribution in [1.82, 2.24) is 0 Å². The maximum Gasteiger partial charge on any atom is 0.248 e. The molecule has 0 saturated heterocycles. The van der Waals surface area contributed by atoms with Crippen LogP contribution in [0.3, 0.4) is 0 Å².